The Morgan fingerprint density at radius 3 is 2.23 bits per heavy atom. The van der Waals surface area contributed by atoms with Gasteiger partial charge in [0.2, 0.25) is 0 Å². The molecule has 0 aliphatic heterocycles. The molecule has 13 heavy (non-hydrogen) atoms. The van der Waals surface area contributed by atoms with Gasteiger partial charge >= 0.3 is 18.1 Å². The molecule has 0 unspecified atom stereocenters. The van der Waals surface area contributed by atoms with E-state index in [4.69, 9.17) is 10.8 Å². The van der Waals surface area contributed by atoms with Gasteiger partial charge in [0.1, 0.15) is 6.04 Å². The lowest BCUT2D eigenvalue weighted by molar-refractivity contribution is -0.173. The van der Waals surface area contributed by atoms with Crippen molar-refractivity contribution in [1.29, 1.82) is 0 Å². The first-order valence-corrected chi connectivity index (χ1v) is 3.08. The summed E-state index contributed by atoms with van der Waals surface area (Å²) in [4.78, 5) is 20.1. The molecule has 0 heterocycles. The number of carbonyl (C=O) groups excluding carboxylic acids is 1. The lowest BCUT2D eigenvalue weighted by Crippen LogP contribution is -2.46. The molecule has 0 spiro atoms. The number of hydrogen-bond donors (Lipinski definition) is 3. The van der Waals surface area contributed by atoms with E-state index in [9.17, 15) is 22.8 Å². The van der Waals surface area contributed by atoms with Crippen LogP contribution in [-0.2, 0) is 9.59 Å². The third kappa shape index (κ3) is 4.31. The molecule has 0 saturated heterocycles. The minimum Gasteiger partial charge on any atom is -0.480 e. The summed E-state index contributed by atoms with van der Waals surface area (Å²) in [6.45, 7) is -0.756. The molecule has 0 aromatic rings. The van der Waals surface area contributed by atoms with Gasteiger partial charge in [0.15, 0.2) is 0 Å². The van der Waals surface area contributed by atoms with Gasteiger partial charge in [-0.15, -0.1) is 0 Å². The number of nitrogens with one attached hydrogen (secondary N) is 1. The predicted octanol–water partition coefficient (Wildman–Crippen LogP) is -0.923. The van der Waals surface area contributed by atoms with E-state index < -0.39 is 30.6 Å². The smallest absolute Gasteiger partial charge is 0.471 e. The van der Waals surface area contributed by atoms with Gasteiger partial charge in [0, 0.05) is 6.54 Å². The lowest BCUT2D eigenvalue weighted by atomic mass is 10.3. The van der Waals surface area contributed by atoms with Gasteiger partial charge in [-0.1, -0.05) is 0 Å². The van der Waals surface area contributed by atoms with Gasteiger partial charge in [-0.2, -0.15) is 13.2 Å². The van der Waals surface area contributed by atoms with Crippen molar-refractivity contribution >= 4 is 11.9 Å². The molecule has 8 heteroatoms. The van der Waals surface area contributed by atoms with E-state index in [1.54, 1.807) is 0 Å². The molecule has 0 aliphatic rings. The Bertz CT molecular complexity index is 216. The molecule has 0 fully saturated rings. The van der Waals surface area contributed by atoms with E-state index in [1.165, 1.54) is 5.32 Å². The zero-order valence-corrected chi connectivity index (χ0v) is 6.26. The Morgan fingerprint density at radius 2 is 1.92 bits per heavy atom. The standard InChI is InChI=1S/C5H7F3N2O3/c6-5(7,8)4(13)10-1-2(9)3(11)12/h2H,1,9H2,(H,10,13)(H,11,12)/t2-/m0/s1. The number of halogens is 3. The molecule has 0 aliphatic carbocycles. The normalized spacial score (nSPS) is 13.5. The number of aliphatic carboxylic acids is 1. The van der Waals surface area contributed by atoms with E-state index in [2.05, 4.69) is 0 Å². The summed E-state index contributed by atoms with van der Waals surface area (Å²) in [5.41, 5.74) is 4.83. The van der Waals surface area contributed by atoms with Crippen molar-refractivity contribution < 1.29 is 27.9 Å². The van der Waals surface area contributed by atoms with Gasteiger partial charge in [-0.3, -0.25) is 9.59 Å². The van der Waals surface area contributed by atoms with Crippen molar-refractivity contribution in [3.63, 3.8) is 0 Å². The number of nitrogens with two attached hydrogens (primary N) is 1. The largest absolute Gasteiger partial charge is 0.480 e. The monoisotopic (exact) mass is 200 g/mol. The van der Waals surface area contributed by atoms with E-state index >= 15 is 0 Å². The fourth-order valence-electron chi connectivity index (χ4n) is 0.390. The number of carboxylic acids is 1. The fraction of sp³-hybridized carbons (Fsp3) is 0.600. The zero-order chi connectivity index (χ0) is 10.6. The number of amides is 1. The Kier molecular flexibility index (Phi) is 3.67. The Balaban J connectivity index is 3.91. The molecule has 0 rings (SSSR count). The quantitative estimate of drug-likeness (QED) is 0.549. The number of carboxylic acid groups (broad SMARTS) is 1. The highest BCUT2D eigenvalue weighted by Crippen LogP contribution is 2.13. The van der Waals surface area contributed by atoms with Crippen LogP contribution in [0.3, 0.4) is 0 Å². The van der Waals surface area contributed by atoms with Crippen LogP contribution in [0.4, 0.5) is 13.2 Å². The summed E-state index contributed by atoms with van der Waals surface area (Å²) in [5.74, 6) is -3.69. The molecule has 76 valence electrons. The van der Waals surface area contributed by atoms with Crippen LogP contribution in [0.5, 0.6) is 0 Å². The zero-order valence-electron chi connectivity index (χ0n) is 6.26. The number of alkyl halides is 3. The van der Waals surface area contributed by atoms with Crippen LogP contribution < -0.4 is 11.1 Å². The van der Waals surface area contributed by atoms with Gasteiger partial charge < -0.3 is 16.2 Å². The highest BCUT2D eigenvalue weighted by atomic mass is 19.4. The topological polar surface area (TPSA) is 92.4 Å². The van der Waals surface area contributed by atoms with Crippen LogP contribution in [0, 0.1) is 0 Å². The van der Waals surface area contributed by atoms with Crippen molar-refractivity contribution in [1.82, 2.24) is 5.32 Å². The first kappa shape index (κ1) is 11.7. The predicted molar refractivity (Wildman–Crippen MR) is 34.7 cm³/mol. The first-order valence-electron chi connectivity index (χ1n) is 3.08. The minimum atomic E-state index is -5.02. The van der Waals surface area contributed by atoms with Crippen LogP contribution in [0.15, 0.2) is 0 Å². The summed E-state index contributed by atoms with van der Waals surface area (Å²) in [5, 5.41) is 9.47. The fourth-order valence-corrected chi connectivity index (χ4v) is 0.390. The van der Waals surface area contributed by atoms with E-state index in [0.717, 1.165) is 0 Å². The van der Waals surface area contributed by atoms with Crippen LogP contribution in [0.25, 0.3) is 0 Å². The molecular formula is C5H7F3N2O3. The lowest BCUT2D eigenvalue weighted by Gasteiger charge is -2.09. The molecule has 0 aromatic carbocycles. The molecule has 0 radical (unpaired) electrons. The highest BCUT2D eigenvalue weighted by molar-refractivity contribution is 5.82. The second-order valence-corrected chi connectivity index (χ2v) is 2.15. The summed E-state index contributed by atoms with van der Waals surface area (Å²) >= 11 is 0. The Labute approximate surface area is 70.7 Å². The molecular weight excluding hydrogens is 193 g/mol. The SMILES string of the molecule is N[C@@H](CNC(=O)C(F)(F)F)C(=O)O. The minimum absolute atomic E-state index is 0.756. The summed E-state index contributed by atoms with van der Waals surface area (Å²) in [7, 11) is 0. The number of carbonyl (C=O) groups is 2. The average molecular weight is 200 g/mol. The third-order valence-corrected chi connectivity index (χ3v) is 1.06. The maximum atomic E-state index is 11.5. The average Bonchev–Trinajstić information content (AvgIpc) is 1.97. The summed E-state index contributed by atoms with van der Waals surface area (Å²) < 4.78 is 34.5. The Morgan fingerprint density at radius 1 is 1.46 bits per heavy atom. The van der Waals surface area contributed by atoms with E-state index in [1.807, 2.05) is 0 Å². The molecule has 0 aromatic heterocycles. The molecule has 1 amide bonds. The molecule has 4 N–H and O–H groups in total. The van der Waals surface area contributed by atoms with E-state index in [-0.39, 0.29) is 0 Å². The first-order chi connectivity index (χ1) is 5.75. The summed E-state index contributed by atoms with van der Waals surface area (Å²) in [6, 6.07) is -1.54. The second-order valence-electron chi connectivity index (χ2n) is 2.15. The van der Waals surface area contributed by atoms with Crippen molar-refractivity contribution in [3.05, 3.63) is 0 Å². The summed E-state index contributed by atoms with van der Waals surface area (Å²) in [6.07, 6.45) is -5.02. The third-order valence-electron chi connectivity index (χ3n) is 1.06. The van der Waals surface area contributed by atoms with Crippen LogP contribution in [0.2, 0.25) is 0 Å². The maximum Gasteiger partial charge on any atom is 0.471 e. The van der Waals surface area contributed by atoms with Gasteiger partial charge in [0.25, 0.3) is 0 Å². The van der Waals surface area contributed by atoms with Gasteiger partial charge in [-0.25, -0.2) is 0 Å². The van der Waals surface area contributed by atoms with E-state index in [0.29, 0.717) is 0 Å². The van der Waals surface area contributed by atoms with Crippen LogP contribution in [-0.4, -0.2) is 35.7 Å². The molecule has 0 bridgehead atoms. The number of hydrogen-bond acceptors (Lipinski definition) is 3. The van der Waals surface area contributed by atoms with Crippen LogP contribution >= 0.6 is 0 Å². The van der Waals surface area contributed by atoms with Crippen molar-refractivity contribution in [2.75, 3.05) is 6.54 Å². The van der Waals surface area contributed by atoms with Gasteiger partial charge in [-0.05, 0) is 0 Å². The molecule has 0 saturated carbocycles. The van der Waals surface area contributed by atoms with Gasteiger partial charge in [0.05, 0.1) is 0 Å². The highest BCUT2D eigenvalue weighted by Gasteiger charge is 2.38. The number of rotatable bonds is 3. The maximum absolute atomic E-state index is 11.5. The van der Waals surface area contributed by atoms with Crippen molar-refractivity contribution in [3.8, 4) is 0 Å². The molecule has 1 atom stereocenters. The Hall–Kier alpha value is -1.31. The van der Waals surface area contributed by atoms with Crippen LogP contribution in [0.1, 0.15) is 0 Å². The second kappa shape index (κ2) is 4.08. The van der Waals surface area contributed by atoms with Crippen molar-refractivity contribution in [2.24, 2.45) is 5.73 Å². The molecule has 5 nitrogen and oxygen atoms in total. The van der Waals surface area contributed by atoms with Crippen molar-refractivity contribution in [2.45, 2.75) is 12.2 Å².